The molecule has 4 rings (SSSR count). The molecular formula is C19H17ClN4. The molecule has 1 N–H and O–H groups in total. The predicted molar refractivity (Wildman–Crippen MR) is 99.1 cm³/mol. The number of anilines is 1. The van der Waals surface area contributed by atoms with Crippen molar-refractivity contribution in [1.29, 1.82) is 0 Å². The Morgan fingerprint density at radius 1 is 1.04 bits per heavy atom. The lowest BCUT2D eigenvalue weighted by Gasteiger charge is -2.06. The molecule has 1 aliphatic heterocycles. The molecule has 0 saturated carbocycles. The minimum Gasteiger partial charge on any atom is -0.380 e. The fourth-order valence-electron chi connectivity index (χ4n) is 2.92. The van der Waals surface area contributed by atoms with Gasteiger partial charge in [-0.2, -0.15) is 5.10 Å². The number of aromatic nitrogens is 2. The van der Waals surface area contributed by atoms with E-state index in [-0.39, 0.29) is 0 Å². The van der Waals surface area contributed by atoms with Crippen LogP contribution in [0.25, 0.3) is 5.69 Å². The summed E-state index contributed by atoms with van der Waals surface area (Å²) in [5.41, 5.74) is 5.09. The Labute approximate surface area is 145 Å². The molecule has 0 saturated heterocycles. The summed E-state index contributed by atoms with van der Waals surface area (Å²) in [5.74, 6) is 0.848. The van der Waals surface area contributed by atoms with Crippen molar-refractivity contribution < 1.29 is 0 Å². The third kappa shape index (κ3) is 2.69. The molecule has 0 atom stereocenters. The summed E-state index contributed by atoms with van der Waals surface area (Å²) >= 11 is 6.01. The van der Waals surface area contributed by atoms with Crippen molar-refractivity contribution in [3.63, 3.8) is 0 Å². The van der Waals surface area contributed by atoms with Gasteiger partial charge in [-0.3, -0.25) is 0 Å². The number of nitrogens with one attached hydrogen (secondary N) is 1. The molecule has 0 aliphatic carbocycles. The summed E-state index contributed by atoms with van der Waals surface area (Å²) in [6.45, 7) is 2.84. The molecule has 0 radical (unpaired) electrons. The first-order valence-electron chi connectivity index (χ1n) is 7.95. The van der Waals surface area contributed by atoms with Crippen molar-refractivity contribution in [2.24, 2.45) is 4.99 Å². The quantitative estimate of drug-likeness (QED) is 0.732. The minimum absolute atomic E-state index is 0.733. The molecule has 1 aromatic heterocycles. The molecule has 2 aromatic carbocycles. The monoisotopic (exact) mass is 336 g/mol. The Balaban J connectivity index is 1.86. The number of fused-ring (bicyclic) bond motifs is 1. The van der Waals surface area contributed by atoms with E-state index < -0.39 is 0 Å². The lowest BCUT2D eigenvalue weighted by Crippen LogP contribution is -2.07. The lowest BCUT2D eigenvalue weighted by atomic mass is 10.1. The van der Waals surface area contributed by atoms with Crippen molar-refractivity contribution in [2.45, 2.75) is 13.3 Å². The maximum Gasteiger partial charge on any atom is 0.179 e. The normalized spacial score (nSPS) is 13.7. The summed E-state index contributed by atoms with van der Waals surface area (Å²) < 4.78 is 1.90. The molecule has 1 aliphatic rings. The Morgan fingerprint density at radius 2 is 1.79 bits per heavy atom. The van der Waals surface area contributed by atoms with Crippen molar-refractivity contribution in [3.05, 3.63) is 70.9 Å². The van der Waals surface area contributed by atoms with Crippen LogP contribution in [0.3, 0.4) is 0 Å². The first-order valence-corrected chi connectivity index (χ1v) is 8.32. The van der Waals surface area contributed by atoms with Crippen LogP contribution >= 0.6 is 11.6 Å². The van der Waals surface area contributed by atoms with Crippen molar-refractivity contribution in [1.82, 2.24) is 9.78 Å². The zero-order valence-corrected chi connectivity index (χ0v) is 14.1. The average Bonchev–Trinajstić information content (AvgIpc) is 2.79. The van der Waals surface area contributed by atoms with Gasteiger partial charge in [0, 0.05) is 18.0 Å². The Kier molecular flexibility index (Phi) is 3.82. The van der Waals surface area contributed by atoms with E-state index in [1.807, 2.05) is 66.2 Å². The van der Waals surface area contributed by atoms with Gasteiger partial charge in [-0.25, -0.2) is 9.67 Å². The molecular weight excluding hydrogens is 320 g/mol. The van der Waals surface area contributed by atoms with Crippen LogP contribution in [0, 0.1) is 6.92 Å². The van der Waals surface area contributed by atoms with Crippen LogP contribution in [0.4, 0.5) is 11.5 Å². The van der Waals surface area contributed by atoms with Crippen LogP contribution in [0.15, 0.2) is 59.6 Å². The smallest absolute Gasteiger partial charge is 0.179 e. The van der Waals surface area contributed by atoms with Gasteiger partial charge in [0.05, 0.1) is 17.1 Å². The molecule has 0 unspecified atom stereocenters. The van der Waals surface area contributed by atoms with Crippen molar-refractivity contribution in [3.8, 4) is 5.69 Å². The van der Waals surface area contributed by atoms with Gasteiger partial charge in [0.2, 0.25) is 0 Å². The third-order valence-corrected chi connectivity index (χ3v) is 4.37. The molecule has 120 valence electrons. The second-order valence-corrected chi connectivity index (χ2v) is 6.21. The molecule has 3 aromatic rings. The molecule has 0 spiro atoms. The second-order valence-electron chi connectivity index (χ2n) is 5.77. The third-order valence-electron chi connectivity index (χ3n) is 4.12. The first-order chi connectivity index (χ1) is 11.7. The fraction of sp³-hybridized carbons (Fsp3) is 0.158. The number of aliphatic imine (C=N–C) groups is 1. The van der Waals surface area contributed by atoms with Gasteiger partial charge in [-0.05, 0) is 36.8 Å². The Morgan fingerprint density at radius 3 is 2.54 bits per heavy atom. The summed E-state index contributed by atoms with van der Waals surface area (Å²) in [6.07, 6.45) is 0.852. The van der Waals surface area contributed by atoms with Crippen LogP contribution in [0.1, 0.15) is 17.7 Å². The summed E-state index contributed by atoms with van der Waals surface area (Å²) in [6, 6.07) is 17.9. The van der Waals surface area contributed by atoms with E-state index >= 15 is 0 Å². The van der Waals surface area contributed by atoms with Crippen LogP contribution in [-0.4, -0.2) is 22.0 Å². The van der Waals surface area contributed by atoms with E-state index in [2.05, 4.69) is 10.4 Å². The first kappa shape index (κ1) is 15.0. The van der Waals surface area contributed by atoms with Crippen LogP contribution in [0.2, 0.25) is 5.02 Å². The number of hydrogen-bond acceptors (Lipinski definition) is 3. The van der Waals surface area contributed by atoms with E-state index in [0.717, 1.165) is 52.1 Å². The van der Waals surface area contributed by atoms with Crippen molar-refractivity contribution >= 4 is 28.8 Å². The van der Waals surface area contributed by atoms with Crippen molar-refractivity contribution in [2.75, 3.05) is 11.9 Å². The second kappa shape index (κ2) is 6.13. The van der Waals surface area contributed by atoms with E-state index in [4.69, 9.17) is 16.6 Å². The molecule has 5 heteroatoms. The highest BCUT2D eigenvalue weighted by Gasteiger charge is 2.20. The van der Waals surface area contributed by atoms with Gasteiger partial charge >= 0.3 is 0 Å². The molecule has 0 amide bonds. The maximum absolute atomic E-state index is 6.01. The van der Waals surface area contributed by atoms with E-state index in [9.17, 15) is 0 Å². The number of halogens is 1. The molecule has 0 fully saturated rings. The van der Waals surface area contributed by atoms with Gasteiger partial charge in [-0.1, -0.05) is 41.9 Å². The van der Waals surface area contributed by atoms with E-state index in [0.29, 0.717) is 0 Å². The number of nitrogens with zero attached hydrogens (tertiary/aromatic N) is 3. The largest absolute Gasteiger partial charge is 0.380 e. The average molecular weight is 337 g/mol. The summed E-state index contributed by atoms with van der Waals surface area (Å²) in [5, 5.41) is 8.88. The molecule has 2 heterocycles. The number of para-hydroxylation sites is 1. The highest BCUT2D eigenvalue weighted by Crippen LogP contribution is 2.34. The number of rotatable bonds is 2. The summed E-state index contributed by atoms with van der Waals surface area (Å²) in [4.78, 5) is 4.95. The van der Waals surface area contributed by atoms with Gasteiger partial charge in [0.25, 0.3) is 0 Å². The van der Waals surface area contributed by atoms with E-state index in [1.165, 1.54) is 0 Å². The number of hydrogen-bond donors (Lipinski definition) is 1. The number of aryl methyl sites for hydroxylation is 1. The highest BCUT2D eigenvalue weighted by atomic mass is 35.5. The fourth-order valence-corrected chi connectivity index (χ4v) is 3.04. The predicted octanol–water partition coefficient (Wildman–Crippen LogP) is 4.77. The Bertz CT molecular complexity index is 895. The highest BCUT2D eigenvalue weighted by molar-refractivity contribution is 6.30. The zero-order chi connectivity index (χ0) is 16.5. The van der Waals surface area contributed by atoms with Gasteiger partial charge in [0.1, 0.15) is 5.69 Å². The van der Waals surface area contributed by atoms with Crippen LogP contribution in [0.5, 0.6) is 0 Å². The van der Waals surface area contributed by atoms with Gasteiger partial charge in [0.15, 0.2) is 5.82 Å². The summed E-state index contributed by atoms with van der Waals surface area (Å²) in [7, 11) is 0. The standard InChI is InChI=1S/C19H17ClN4/c1-13-18-19(24(23-13)16-5-3-2-4-6-16)22-17(11-12-21-18)14-7-9-15(20)10-8-14/h2-10,21H,11-12H2,1H3. The van der Waals surface area contributed by atoms with Gasteiger partial charge in [-0.15, -0.1) is 0 Å². The minimum atomic E-state index is 0.733. The lowest BCUT2D eigenvalue weighted by molar-refractivity contribution is 0.862. The maximum atomic E-state index is 6.01. The van der Waals surface area contributed by atoms with Gasteiger partial charge < -0.3 is 5.32 Å². The molecule has 4 nitrogen and oxygen atoms in total. The zero-order valence-electron chi connectivity index (χ0n) is 13.3. The molecule has 0 bridgehead atoms. The van der Waals surface area contributed by atoms with E-state index in [1.54, 1.807) is 0 Å². The number of benzene rings is 2. The van der Waals surface area contributed by atoms with Crippen LogP contribution in [-0.2, 0) is 0 Å². The molecule has 24 heavy (non-hydrogen) atoms. The Hall–Kier alpha value is -2.59. The van der Waals surface area contributed by atoms with Crippen LogP contribution < -0.4 is 5.32 Å². The SMILES string of the molecule is Cc1nn(-c2ccccc2)c2c1NCCC(c1ccc(Cl)cc1)=N2. The topological polar surface area (TPSA) is 42.2 Å².